The van der Waals surface area contributed by atoms with Crippen LogP contribution in [0.4, 0.5) is 0 Å². The first-order chi connectivity index (χ1) is 8.61. The van der Waals surface area contributed by atoms with Gasteiger partial charge in [0, 0.05) is 11.0 Å². The number of hydrogen-bond donors (Lipinski definition) is 1. The van der Waals surface area contributed by atoms with E-state index >= 15 is 0 Å². The van der Waals surface area contributed by atoms with Crippen LogP contribution in [0.3, 0.4) is 0 Å². The fourth-order valence-electron chi connectivity index (χ4n) is 2.61. The van der Waals surface area contributed by atoms with Crippen LogP contribution < -0.4 is 5.32 Å². The summed E-state index contributed by atoms with van der Waals surface area (Å²) in [5.41, 5.74) is 0.978. The van der Waals surface area contributed by atoms with Crippen molar-refractivity contribution in [3.63, 3.8) is 0 Å². The first kappa shape index (κ1) is 12.5. The number of halogens is 2. The Morgan fingerprint density at radius 1 is 1.44 bits per heavy atom. The monoisotopic (exact) mass is 327 g/mol. The van der Waals surface area contributed by atoms with Crippen LogP contribution >= 0.6 is 27.5 Å². The lowest BCUT2D eigenvalue weighted by Crippen LogP contribution is -2.31. The minimum atomic E-state index is -0.0618. The van der Waals surface area contributed by atoms with Crippen LogP contribution in [0.2, 0.25) is 5.02 Å². The van der Waals surface area contributed by atoms with Crippen molar-refractivity contribution in [1.82, 2.24) is 5.32 Å². The van der Waals surface area contributed by atoms with Gasteiger partial charge in [0.05, 0.1) is 10.6 Å². The fourth-order valence-corrected chi connectivity index (χ4v) is 3.17. The summed E-state index contributed by atoms with van der Waals surface area (Å²) in [5.74, 6) is 0.795. The molecular weight excluding hydrogens is 314 g/mol. The number of amides is 1. The van der Waals surface area contributed by atoms with E-state index < -0.39 is 0 Å². The number of carbonyl (C=O) groups excluding carboxylic acids is 1. The third-order valence-corrected chi connectivity index (χ3v) is 4.93. The highest BCUT2D eigenvalue weighted by Crippen LogP contribution is 2.60. The Morgan fingerprint density at radius 3 is 2.78 bits per heavy atom. The molecule has 2 aliphatic carbocycles. The van der Waals surface area contributed by atoms with Gasteiger partial charge in [-0.2, -0.15) is 0 Å². The van der Waals surface area contributed by atoms with Gasteiger partial charge in [-0.05, 0) is 55.2 Å². The zero-order valence-corrected chi connectivity index (χ0v) is 12.4. The lowest BCUT2D eigenvalue weighted by molar-refractivity contribution is 0.0942. The van der Waals surface area contributed by atoms with Gasteiger partial charge in [-0.1, -0.05) is 27.5 Å². The summed E-state index contributed by atoms with van der Waals surface area (Å²) in [7, 11) is 0. The molecule has 1 aromatic rings. The van der Waals surface area contributed by atoms with E-state index in [0.29, 0.717) is 16.0 Å². The second kappa shape index (κ2) is 4.53. The maximum absolute atomic E-state index is 12.1. The molecule has 0 heterocycles. The Labute approximate surface area is 120 Å². The van der Waals surface area contributed by atoms with Gasteiger partial charge in [0.1, 0.15) is 0 Å². The van der Waals surface area contributed by atoms with Gasteiger partial charge in [0.2, 0.25) is 0 Å². The van der Waals surface area contributed by atoms with E-state index in [2.05, 4.69) is 21.2 Å². The Balaban J connectivity index is 1.65. The molecule has 96 valence electrons. The van der Waals surface area contributed by atoms with Crippen molar-refractivity contribution < 1.29 is 4.79 Å². The van der Waals surface area contributed by atoms with Crippen LogP contribution in [0.5, 0.6) is 0 Å². The van der Waals surface area contributed by atoms with Crippen LogP contribution in [-0.2, 0) is 0 Å². The van der Waals surface area contributed by atoms with E-state index in [9.17, 15) is 4.79 Å². The van der Waals surface area contributed by atoms with Crippen LogP contribution in [0.25, 0.3) is 0 Å². The molecule has 0 radical (unpaired) electrons. The quantitative estimate of drug-likeness (QED) is 0.888. The van der Waals surface area contributed by atoms with Gasteiger partial charge in [0.15, 0.2) is 0 Å². The zero-order chi connectivity index (χ0) is 12.8. The maximum atomic E-state index is 12.1. The molecule has 0 bridgehead atoms. The first-order valence-electron chi connectivity index (χ1n) is 6.34. The van der Waals surface area contributed by atoms with Gasteiger partial charge in [-0.3, -0.25) is 4.79 Å². The Hall–Kier alpha value is -0.540. The smallest absolute Gasteiger partial charge is 0.252 e. The normalized spacial score (nSPS) is 20.6. The molecule has 2 nitrogen and oxygen atoms in total. The van der Waals surface area contributed by atoms with Crippen molar-refractivity contribution >= 4 is 33.4 Å². The van der Waals surface area contributed by atoms with E-state index in [4.69, 9.17) is 11.6 Å². The molecule has 2 saturated carbocycles. The lowest BCUT2D eigenvalue weighted by atomic mass is 10.0. The molecule has 18 heavy (non-hydrogen) atoms. The Morgan fingerprint density at radius 2 is 2.17 bits per heavy atom. The maximum Gasteiger partial charge on any atom is 0.252 e. The highest BCUT2D eigenvalue weighted by Gasteiger charge is 2.53. The molecular formula is C14H15BrClNO. The van der Waals surface area contributed by atoms with Crippen LogP contribution in [0.1, 0.15) is 36.0 Å². The van der Waals surface area contributed by atoms with E-state index in [1.165, 1.54) is 25.7 Å². The van der Waals surface area contributed by atoms with E-state index in [1.807, 2.05) is 6.07 Å². The van der Waals surface area contributed by atoms with E-state index in [0.717, 1.165) is 16.9 Å². The third-order valence-electron chi connectivity index (χ3n) is 4.11. The molecule has 0 aliphatic heterocycles. The summed E-state index contributed by atoms with van der Waals surface area (Å²) in [6.45, 7) is 0.805. The number of rotatable bonds is 4. The SMILES string of the molecule is O=C(NCC1(C2CC2)CC1)c1cc(Br)ccc1Cl. The summed E-state index contributed by atoms with van der Waals surface area (Å²) >= 11 is 9.41. The highest BCUT2D eigenvalue weighted by molar-refractivity contribution is 9.10. The predicted octanol–water partition coefficient (Wildman–Crippen LogP) is 4.02. The highest BCUT2D eigenvalue weighted by atomic mass is 79.9. The van der Waals surface area contributed by atoms with Crippen molar-refractivity contribution in [2.24, 2.45) is 11.3 Å². The van der Waals surface area contributed by atoms with Gasteiger partial charge < -0.3 is 5.32 Å². The molecule has 2 aliphatic rings. The van der Waals surface area contributed by atoms with Gasteiger partial charge in [-0.15, -0.1) is 0 Å². The van der Waals surface area contributed by atoms with Crippen LogP contribution in [0.15, 0.2) is 22.7 Å². The standard InChI is InChI=1S/C14H15BrClNO/c15-10-3-4-12(16)11(7-10)13(18)17-8-14(5-6-14)9-1-2-9/h3-4,7,9H,1-2,5-6,8H2,(H,17,18). The summed E-state index contributed by atoms with van der Waals surface area (Å²) < 4.78 is 0.875. The Kier molecular flexibility index (Phi) is 3.15. The molecule has 0 saturated heterocycles. The van der Waals surface area contributed by atoms with Gasteiger partial charge >= 0.3 is 0 Å². The molecule has 1 amide bonds. The molecule has 1 aromatic carbocycles. The fraction of sp³-hybridized carbons (Fsp3) is 0.500. The van der Waals surface area contributed by atoms with E-state index in [-0.39, 0.29) is 5.91 Å². The summed E-state index contributed by atoms with van der Waals surface area (Å²) in [6.07, 6.45) is 5.22. The van der Waals surface area contributed by atoms with Gasteiger partial charge in [0.25, 0.3) is 5.91 Å². The number of carbonyl (C=O) groups is 1. The average molecular weight is 329 g/mol. The third kappa shape index (κ3) is 2.43. The Bertz CT molecular complexity index is 495. The second-order valence-electron chi connectivity index (χ2n) is 5.44. The average Bonchev–Trinajstić information content (AvgIpc) is 3.21. The van der Waals surface area contributed by atoms with Crippen molar-refractivity contribution in [2.45, 2.75) is 25.7 Å². The number of benzene rings is 1. The van der Waals surface area contributed by atoms with Crippen molar-refractivity contribution in [1.29, 1.82) is 0 Å². The molecule has 0 aromatic heterocycles. The first-order valence-corrected chi connectivity index (χ1v) is 7.51. The summed E-state index contributed by atoms with van der Waals surface area (Å²) in [5, 5.41) is 3.55. The van der Waals surface area contributed by atoms with Crippen LogP contribution in [-0.4, -0.2) is 12.5 Å². The minimum absolute atomic E-state index is 0.0618. The largest absolute Gasteiger partial charge is 0.351 e. The van der Waals surface area contributed by atoms with Crippen LogP contribution in [0, 0.1) is 11.3 Å². The summed E-state index contributed by atoms with van der Waals surface area (Å²) in [4.78, 5) is 12.1. The molecule has 4 heteroatoms. The van der Waals surface area contributed by atoms with Crippen molar-refractivity contribution in [3.05, 3.63) is 33.3 Å². The van der Waals surface area contributed by atoms with E-state index in [1.54, 1.807) is 12.1 Å². The second-order valence-corrected chi connectivity index (χ2v) is 6.77. The molecule has 0 spiro atoms. The molecule has 1 N–H and O–H groups in total. The predicted molar refractivity (Wildman–Crippen MR) is 75.9 cm³/mol. The number of hydrogen-bond acceptors (Lipinski definition) is 1. The van der Waals surface area contributed by atoms with Crippen molar-refractivity contribution in [3.8, 4) is 0 Å². The lowest BCUT2D eigenvalue weighted by Gasteiger charge is -2.15. The molecule has 3 rings (SSSR count). The number of nitrogens with one attached hydrogen (secondary N) is 1. The minimum Gasteiger partial charge on any atom is -0.351 e. The summed E-state index contributed by atoms with van der Waals surface area (Å²) in [6, 6.07) is 5.36. The topological polar surface area (TPSA) is 29.1 Å². The zero-order valence-electron chi connectivity index (χ0n) is 10.0. The van der Waals surface area contributed by atoms with Crippen molar-refractivity contribution in [2.75, 3.05) is 6.54 Å². The molecule has 0 unspecified atom stereocenters. The van der Waals surface area contributed by atoms with Gasteiger partial charge in [-0.25, -0.2) is 0 Å². The molecule has 2 fully saturated rings. The molecule has 0 atom stereocenters.